The van der Waals surface area contributed by atoms with Gasteiger partial charge in [-0.05, 0) is 24.0 Å². The highest BCUT2D eigenvalue weighted by Crippen LogP contribution is 2.24. The maximum atomic E-state index is 12.1. The van der Waals surface area contributed by atoms with Crippen molar-refractivity contribution in [1.82, 2.24) is 5.32 Å². The summed E-state index contributed by atoms with van der Waals surface area (Å²) in [4.78, 5) is 25.1. The van der Waals surface area contributed by atoms with Gasteiger partial charge in [0.15, 0.2) is 0 Å². The van der Waals surface area contributed by atoms with Crippen LogP contribution in [-0.2, 0) is 9.59 Å². The molecule has 0 radical (unpaired) electrons. The second kappa shape index (κ2) is 9.86. The van der Waals surface area contributed by atoms with Gasteiger partial charge >= 0.3 is 0 Å². The van der Waals surface area contributed by atoms with Crippen molar-refractivity contribution < 1.29 is 14.7 Å². The number of rotatable bonds is 8. The van der Waals surface area contributed by atoms with Crippen molar-refractivity contribution in [2.45, 2.75) is 23.8 Å². The zero-order chi connectivity index (χ0) is 18.1. The van der Waals surface area contributed by atoms with Crippen LogP contribution in [0.4, 0.5) is 5.69 Å². The van der Waals surface area contributed by atoms with Crippen molar-refractivity contribution in [3.8, 4) is 0 Å². The van der Waals surface area contributed by atoms with Crippen LogP contribution in [-0.4, -0.2) is 29.8 Å². The fraction of sp³-hybridized carbons (Fsp3) is 0.263. The molecular formula is C19H22N2O3S. The maximum absolute atomic E-state index is 12.1. The molecule has 25 heavy (non-hydrogen) atoms. The molecule has 0 aliphatic heterocycles. The summed E-state index contributed by atoms with van der Waals surface area (Å²) in [5.74, 6) is -0.479. The Hall–Kier alpha value is -2.31. The SMILES string of the molecule is CSc1ccccc1NC(=O)CCC(=O)NC(CO)c1ccccc1. The molecule has 2 aromatic rings. The van der Waals surface area contributed by atoms with Crippen molar-refractivity contribution in [2.75, 3.05) is 18.2 Å². The summed E-state index contributed by atoms with van der Waals surface area (Å²) < 4.78 is 0. The predicted octanol–water partition coefficient (Wildman–Crippen LogP) is 2.98. The third-order valence-electron chi connectivity index (χ3n) is 3.68. The third-order valence-corrected chi connectivity index (χ3v) is 4.48. The van der Waals surface area contributed by atoms with E-state index in [0.717, 1.165) is 16.1 Å². The number of carbonyl (C=O) groups is 2. The normalized spacial score (nSPS) is 11.6. The summed E-state index contributed by atoms with van der Waals surface area (Å²) in [5, 5.41) is 15.0. The first-order valence-corrected chi connectivity index (χ1v) is 9.24. The molecule has 132 valence electrons. The van der Waals surface area contributed by atoms with Gasteiger partial charge in [0.25, 0.3) is 0 Å². The lowest BCUT2D eigenvalue weighted by atomic mass is 10.1. The van der Waals surface area contributed by atoms with Crippen LogP contribution in [0.3, 0.4) is 0 Å². The molecule has 2 amide bonds. The second-order valence-electron chi connectivity index (χ2n) is 5.46. The molecule has 5 nitrogen and oxygen atoms in total. The molecule has 0 bridgehead atoms. The van der Waals surface area contributed by atoms with Gasteiger partial charge in [0.05, 0.1) is 18.3 Å². The highest BCUT2D eigenvalue weighted by atomic mass is 32.2. The molecule has 2 rings (SSSR count). The molecule has 6 heteroatoms. The lowest BCUT2D eigenvalue weighted by molar-refractivity contribution is -0.125. The molecule has 0 aliphatic carbocycles. The first-order chi connectivity index (χ1) is 12.1. The van der Waals surface area contributed by atoms with Gasteiger partial charge < -0.3 is 15.7 Å². The molecule has 2 aromatic carbocycles. The smallest absolute Gasteiger partial charge is 0.224 e. The van der Waals surface area contributed by atoms with Gasteiger partial charge in [-0.1, -0.05) is 42.5 Å². The molecule has 1 unspecified atom stereocenters. The number of benzene rings is 2. The number of hydrogen-bond acceptors (Lipinski definition) is 4. The number of amides is 2. The number of nitrogens with one attached hydrogen (secondary N) is 2. The Labute approximate surface area is 151 Å². The van der Waals surface area contributed by atoms with Crippen molar-refractivity contribution in [3.63, 3.8) is 0 Å². The maximum Gasteiger partial charge on any atom is 0.224 e. The molecule has 0 aliphatic rings. The average Bonchev–Trinajstić information content (AvgIpc) is 2.65. The summed E-state index contributed by atoms with van der Waals surface area (Å²) in [7, 11) is 0. The topological polar surface area (TPSA) is 78.4 Å². The summed E-state index contributed by atoms with van der Waals surface area (Å²) in [6, 6.07) is 16.3. The predicted molar refractivity (Wildman–Crippen MR) is 100 cm³/mol. The number of thioether (sulfide) groups is 1. The average molecular weight is 358 g/mol. The Balaban J connectivity index is 1.84. The van der Waals surface area contributed by atoms with Crippen LogP contribution in [0.2, 0.25) is 0 Å². The molecule has 0 aromatic heterocycles. The molecule has 0 spiro atoms. The van der Waals surface area contributed by atoms with E-state index in [-0.39, 0.29) is 31.3 Å². The van der Waals surface area contributed by atoms with Gasteiger partial charge in [0.2, 0.25) is 11.8 Å². The van der Waals surface area contributed by atoms with Crippen LogP contribution in [0.15, 0.2) is 59.5 Å². The zero-order valence-electron chi connectivity index (χ0n) is 14.1. The van der Waals surface area contributed by atoms with Gasteiger partial charge in [-0.15, -0.1) is 11.8 Å². The molecule has 0 fully saturated rings. The van der Waals surface area contributed by atoms with E-state index in [1.807, 2.05) is 60.9 Å². The number of carbonyl (C=O) groups excluding carboxylic acids is 2. The molecule has 3 N–H and O–H groups in total. The molecule has 1 atom stereocenters. The number of aliphatic hydroxyl groups excluding tert-OH is 1. The van der Waals surface area contributed by atoms with Crippen molar-refractivity contribution in [1.29, 1.82) is 0 Å². The third kappa shape index (κ3) is 5.92. The standard InChI is InChI=1S/C19H22N2O3S/c1-25-17-10-6-5-9-15(17)20-18(23)11-12-19(24)21-16(13-22)14-7-3-2-4-8-14/h2-10,16,22H,11-13H2,1H3,(H,20,23)(H,21,24). The Morgan fingerprint density at radius 3 is 2.32 bits per heavy atom. The van der Waals surface area contributed by atoms with E-state index < -0.39 is 6.04 Å². The molecule has 0 heterocycles. The molecular weight excluding hydrogens is 336 g/mol. The van der Waals surface area contributed by atoms with Crippen molar-refractivity contribution in [3.05, 3.63) is 60.2 Å². The number of anilines is 1. The lowest BCUT2D eigenvalue weighted by Crippen LogP contribution is -2.31. The zero-order valence-corrected chi connectivity index (χ0v) is 14.9. The van der Waals surface area contributed by atoms with Crippen LogP contribution in [0.25, 0.3) is 0 Å². The minimum absolute atomic E-state index is 0.0661. The number of aliphatic hydroxyl groups is 1. The summed E-state index contributed by atoms with van der Waals surface area (Å²) in [6.07, 6.45) is 2.09. The highest BCUT2D eigenvalue weighted by Gasteiger charge is 2.14. The van der Waals surface area contributed by atoms with E-state index in [2.05, 4.69) is 10.6 Å². The summed E-state index contributed by atoms with van der Waals surface area (Å²) >= 11 is 1.55. The minimum Gasteiger partial charge on any atom is -0.394 e. The lowest BCUT2D eigenvalue weighted by Gasteiger charge is -2.16. The van der Waals surface area contributed by atoms with Crippen molar-refractivity contribution >= 4 is 29.3 Å². The summed E-state index contributed by atoms with van der Waals surface area (Å²) in [6.45, 7) is -0.191. The molecule has 0 saturated carbocycles. The first-order valence-electron chi connectivity index (χ1n) is 8.02. The van der Waals surface area contributed by atoms with Gasteiger partial charge in [0.1, 0.15) is 0 Å². The molecule has 0 saturated heterocycles. The Morgan fingerprint density at radius 2 is 1.64 bits per heavy atom. The van der Waals surface area contributed by atoms with Gasteiger partial charge in [-0.3, -0.25) is 9.59 Å². The largest absolute Gasteiger partial charge is 0.394 e. The van der Waals surface area contributed by atoms with E-state index in [1.54, 1.807) is 11.8 Å². The van der Waals surface area contributed by atoms with Gasteiger partial charge in [-0.25, -0.2) is 0 Å². The highest BCUT2D eigenvalue weighted by molar-refractivity contribution is 7.98. The Kier molecular flexibility index (Phi) is 7.50. The van der Waals surface area contributed by atoms with Crippen LogP contribution in [0.5, 0.6) is 0 Å². The number of para-hydroxylation sites is 1. The van der Waals surface area contributed by atoms with Crippen LogP contribution in [0.1, 0.15) is 24.4 Å². The van der Waals surface area contributed by atoms with E-state index >= 15 is 0 Å². The first kappa shape index (κ1) is 19.0. The Bertz CT molecular complexity index is 707. The monoisotopic (exact) mass is 358 g/mol. The van der Waals surface area contributed by atoms with Gasteiger partial charge in [0, 0.05) is 17.7 Å². The Morgan fingerprint density at radius 1 is 1.00 bits per heavy atom. The fourth-order valence-electron chi connectivity index (χ4n) is 2.37. The van der Waals surface area contributed by atoms with Crippen LogP contribution < -0.4 is 10.6 Å². The minimum atomic E-state index is -0.464. The van der Waals surface area contributed by atoms with E-state index in [9.17, 15) is 14.7 Å². The van der Waals surface area contributed by atoms with Crippen LogP contribution in [0, 0.1) is 0 Å². The van der Waals surface area contributed by atoms with Crippen LogP contribution >= 0.6 is 11.8 Å². The van der Waals surface area contributed by atoms with E-state index in [4.69, 9.17) is 0 Å². The van der Waals surface area contributed by atoms with Crippen molar-refractivity contribution in [2.24, 2.45) is 0 Å². The fourth-order valence-corrected chi connectivity index (χ4v) is 2.93. The number of hydrogen-bond donors (Lipinski definition) is 3. The quantitative estimate of drug-likeness (QED) is 0.634. The second-order valence-corrected chi connectivity index (χ2v) is 6.31. The van der Waals surface area contributed by atoms with Gasteiger partial charge in [-0.2, -0.15) is 0 Å². The summed E-state index contributed by atoms with van der Waals surface area (Å²) in [5.41, 5.74) is 1.58. The van der Waals surface area contributed by atoms with E-state index in [1.165, 1.54) is 0 Å². The van der Waals surface area contributed by atoms with E-state index in [0.29, 0.717) is 0 Å².